The predicted molar refractivity (Wildman–Crippen MR) is 152 cm³/mol. The van der Waals surface area contributed by atoms with Gasteiger partial charge in [0.15, 0.2) is 5.16 Å². The minimum Gasteiger partial charge on any atom is -0.366 e. The van der Waals surface area contributed by atoms with Crippen LogP contribution in [0.2, 0.25) is 0 Å². The number of halogens is 1. The summed E-state index contributed by atoms with van der Waals surface area (Å²) in [6.45, 7) is 8.07. The van der Waals surface area contributed by atoms with Gasteiger partial charge in [-0.2, -0.15) is 0 Å². The molecule has 5 rings (SSSR count). The second kappa shape index (κ2) is 12.1. The lowest BCUT2D eigenvalue weighted by Gasteiger charge is -2.38. The van der Waals surface area contributed by atoms with Gasteiger partial charge in [-0.05, 0) is 44.0 Å². The van der Waals surface area contributed by atoms with E-state index in [4.69, 9.17) is 0 Å². The molecule has 0 saturated carbocycles. The van der Waals surface area contributed by atoms with Crippen molar-refractivity contribution < 1.29 is 9.18 Å². The Morgan fingerprint density at radius 3 is 2.53 bits per heavy atom. The van der Waals surface area contributed by atoms with Gasteiger partial charge in [0.2, 0.25) is 5.91 Å². The minimum atomic E-state index is -0.215. The largest absolute Gasteiger partial charge is 0.366 e. The van der Waals surface area contributed by atoms with Crippen molar-refractivity contribution in [3.63, 3.8) is 0 Å². The zero-order valence-corrected chi connectivity index (χ0v) is 22.8. The monoisotopic (exact) mass is 531 g/mol. The summed E-state index contributed by atoms with van der Waals surface area (Å²) in [7, 11) is 0. The maximum atomic E-state index is 14.3. The van der Waals surface area contributed by atoms with E-state index in [2.05, 4.69) is 40.0 Å². The Hall–Kier alpha value is -3.23. The molecule has 0 bridgehead atoms. The number of rotatable bonds is 7. The van der Waals surface area contributed by atoms with Crippen LogP contribution in [0, 0.1) is 12.7 Å². The zero-order valence-electron chi connectivity index (χ0n) is 22.0. The van der Waals surface area contributed by atoms with Gasteiger partial charge in [0.1, 0.15) is 5.82 Å². The van der Waals surface area contributed by atoms with E-state index >= 15 is 0 Å². The molecule has 2 aliphatic rings. The molecule has 2 atom stereocenters. The van der Waals surface area contributed by atoms with Crippen LogP contribution in [0.4, 0.5) is 10.1 Å². The van der Waals surface area contributed by atoms with E-state index in [1.54, 1.807) is 24.0 Å². The van der Waals surface area contributed by atoms with Gasteiger partial charge in [0.05, 0.1) is 11.7 Å². The van der Waals surface area contributed by atoms with Gasteiger partial charge in [-0.15, -0.1) is 0 Å². The van der Waals surface area contributed by atoms with Crippen LogP contribution >= 0.6 is 11.8 Å². The summed E-state index contributed by atoms with van der Waals surface area (Å²) in [5, 5.41) is 0.994. The van der Waals surface area contributed by atoms with Crippen LogP contribution in [0.25, 0.3) is 6.08 Å². The predicted octanol–water partition coefficient (Wildman–Crippen LogP) is 4.91. The number of hydrogen-bond acceptors (Lipinski definition) is 6. The summed E-state index contributed by atoms with van der Waals surface area (Å²) in [4.78, 5) is 29.2. The maximum Gasteiger partial charge on any atom is 0.240 e. The number of carbonyl (C=O) groups is 1. The molecule has 198 valence electrons. The van der Waals surface area contributed by atoms with Crippen LogP contribution in [-0.2, 0) is 4.79 Å². The second-order valence-corrected chi connectivity index (χ2v) is 11.3. The Morgan fingerprint density at radius 1 is 1.05 bits per heavy atom. The number of carbonyl (C=O) groups excluding carboxylic acids is 1. The van der Waals surface area contributed by atoms with E-state index in [-0.39, 0.29) is 23.0 Å². The Balaban J connectivity index is 1.28. The molecule has 1 aromatic heterocycles. The first kappa shape index (κ1) is 26.4. The van der Waals surface area contributed by atoms with E-state index < -0.39 is 0 Å². The molecule has 2 aliphatic heterocycles. The number of thioether (sulfide) groups is 1. The molecule has 2 saturated heterocycles. The topological polar surface area (TPSA) is 52.6 Å². The van der Waals surface area contributed by atoms with Crippen LogP contribution in [0.3, 0.4) is 0 Å². The van der Waals surface area contributed by atoms with E-state index in [0.29, 0.717) is 31.9 Å². The molecule has 2 fully saturated rings. The molecule has 8 heteroatoms. The summed E-state index contributed by atoms with van der Waals surface area (Å²) in [6.07, 6.45) is 4.74. The zero-order chi connectivity index (χ0) is 26.5. The second-order valence-electron chi connectivity index (χ2n) is 10.1. The smallest absolute Gasteiger partial charge is 0.240 e. The first-order valence-electron chi connectivity index (χ1n) is 13.2. The standard InChI is InChI=1S/C30H34FN5OS/c1-22(18-24-8-4-3-5-9-24)20-36-21-25(38-30-32-13-12-23(2)33-30)19-28(36)29(37)35-16-14-34(15-17-35)27-11-7-6-10-26(27)31/h3-13,18,25,28H,14-17,19-21H2,1-2H3/b22-18+/t25-,28-/m0/s1. The Labute approximate surface area is 228 Å². The number of hydrogen-bond donors (Lipinski definition) is 0. The van der Waals surface area contributed by atoms with E-state index in [1.807, 2.05) is 53.1 Å². The van der Waals surface area contributed by atoms with Gasteiger partial charge < -0.3 is 9.80 Å². The molecule has 0 spiro atoms. The van der Waals surface area contributed by atoms with Crippen molar-refractivity contribution in [3.8, 4) is 0 Å². The van der Waals surface area contributed by atoms with Crippen LogP contribution < -0.4 is 4.90 Å². The fourth-order valence-corrected chi connectivity index (χ4v) is 6.46. The number of benzene rings is 2. The molecule has 3 heterocycles. The third kappa shape index (κ3) is 6.42. The number of piperazine rings is 1. The average Bonchev–Trinajstić information content (AvgIpc) is 3.30. The minimum absolute atomic E-state index is 0.166. The van der Waals surface area contributed by atoms with Gasteiger partial charge in [0, 0.05) is 56.4 Å². The first-order valence-corrected chi connectivity index (χ1v) is 14.0. The summed E-state index contributed by atoms with van der Waals surface area (Å²) in [5.74, 6) is -0.0490. The summed E-state index contributed by atoms with van der Waals surface area (Å²) >= 11 is 1.66. The lowest BCUT2D eigenvalue weighted by molar-refractivity contribution is -0.136. The number of para-hydroxylation sites is 1. The van der Waals surface area contributed by atoms with E-state index in [9.17, 15) is 9.18 Å². The molecule has 3 aromatic rings. The molecular formula is C30H34FN5OS. The molecular weight excluding hydrogens is 497 g/mol. The highest BCUT2D eigenvalue weighted by Crippen LogP contribution is 2.33. The van der Waals surface area contributed by atoms with Gasteiger partial charge in [-0.3, -0.25) is 9.69 Å². The van der Waals surface area contributed by atoms with E-state index in [0.717, 1.165) is 35.9 Å². The summed E-state index contributed by atoms with van der Waals surface area (Å²) in [6, 6.07) is 18.8. The Morgan fingerprint density at radius 2 is 1.79 bits per heavy atom. The highest BCUT2D eigenvalue weighted by molar-refractivity contribution is 7.99. The van der Waals surface area contributed by atoms with Gasteiger partial charge in [-0.1, -0.05) is 65.9 Å². The SMILES string of the molecule is C/C(=C\c1ccccc1)CN1C[C@@H](Sc2nccc(C)n2)C[C@H]1C(=O)N1CCN(c2ccccc2F)CC1. The number of nitrogens with zero attached hydrogens (tertiary/aromatic N) is 5. The Bertz CT molecular complexity index is 1280. The van der Waals surface area contributed by atoms with Crippen LogP contribution in [0.5, 0.6) is 0 Å². The molecule has 0 unspecified atom stereocenters. The summed E-state index contributed by atoms with van der Waals surface area (Å²) in [5.41, 5.74) is 3.93. The third-order valence-corrected chi connectivity index (χ3v) is 8.23. The lowest BCUT2D eigenvalue weighted by atomic mass is 10.1. The number of likely N-dealkylation sites (tertiary alicyclic amines) is 1. The normalized spacial score (nSPS) is 20.7. The van der Waals surface area contributed by atoms with Crippen LogP contribution in [0.15, 0.2) is 77.6 Å². The lowest BCUT2D eigenvalue weighted by Crippen LogP contribution is -2.54. The molecule has 0 aliphatic carbocycles. The van der Waals surface area contributed by atoms with Crippen molar-refractivity contribution >= 4 is 29.4 Å². The highest BCUT2D eigenvalue weighted by Gasteiger charge is 2.40. The first-order chi connectivity index (χ1) is 18.5. The van der Waals surface area contributed by atoms with Crippen molar-refractivity contribution in [2.45, 2.75) is 36.7 Å². The molecule has 6 nitrogen and oxygen atoms in total. The van der Waals surface area contributed by atoms with Crippen molar-refractivity contribution in [2.24, 2.45) is 0 Å². The van der Waals surface area contributed by atoms with Crippen molar-refractivity contribution in [3.05, 3.63) is 89.5 Å². The Kier molecular flexibility index (Phi) is 8.39. The van der Waals surface area contributed by atoms with Gasteiger partial charge in [-0.25, -0.2) is 14.4 Å². The third-order valence-electron chi connectivity index (χ3n) is 7.14. The molecule has 2 aromatic carbocycles. The maximum absolute atomic E-state index is 14.3. The van der Waals surface area contributed by atoms with Crippen molar-refractivity contribution in [1.29, 1.82) is 0 Å². The van der Waals surface area contributed by atoms with Crippen molar-refractivity contribution in [1.82, 2.24) is 19.8 Å². The van der Waals surface area contributed by atoms with Crippen LogP contribution in [0.1, 0.15) is 24.6 Å². The number of aryl methyl sites for hydroxylation is 1. The number of anilines is 1. The number of amides is 1. The average molecular weight is 532 g/mol. The highest BCUT2D eigenvalue weighted by atomic mass is 32.2. The van der Waals surface area contributed by atoms with E-state index in [1.165, 1.54) is 11.6 Å². The van der Waals surface area contributed by atoms with Gasteiger partial charge in [0.25, 0.3) is 0 Å². The van der Waals surface area contributed by atoms with Gasteiger partial charge >= 0.3 is 0 Å². The molecule has 1 amide bonds. The van der Waals surface area contributed by atoms with Crippen LogP contribution in [-0.4, -0.2) is 76.2 Å². The molecule has 0 radical (unpaired) electrons. The summed E-state index contributed by atoms with van der Waals surface area (Å²) < 4.78 is 14.3. The fraction of sp³-hybridized carbons (Fsp3) is 0.367. The van der Waals surface area contributed by atoms with Crippen molar-refractivity contribution in [2.75, 3.05) is 44.2 Å². The fourth-order valence-electron chi connectivity index (χ4n) is 5.30. The quantitative estimate of drug-likeness (QED) is 0.404. The molecule has 38 heavy (non-hydrogen) atoms. The molecule has 0 N–H and O–H groups in total. The number of aromatic nitrogens is 2.